The van der Waals surface area contributed by atoms with Crippen molar-refractivity contribution in [2.75, 3.05) is 25.0 Å². The number of alkyl carbamates (subject to hydrolysis) is 1. The highest BCUT2D eigenvalue weighted by molar-refractivity contribution is 14.0. The van der Waals surface area contributed by atoms with Crippen molar-refractivity contribution >= 4 is 47.6 Å². The number of halogens is 1. The topological polar surface area (TPSA) is 104 Å². The average molecular weight is 545 g/mol. The lowest BCUT2D eigenvalue weighted by Crippen LogP contribution is -2.42. The first-order valence-corrected chi connectivity index (χ1v) is 10.7. The number of rotatable bonds is 8. The van der Waals surface area contributed by atoms with E-state index in [4.69, 9.17) is 4.74 Å². The summed E-state index contributed by atoms with van der Waals surface area (Å²) in [5, 5.41) is 12.1. The lowest BCUT2D eigenvalue weighted by molar-refractivity contribution is -0.122. The zero-order valence-corrected chi connectivity index (χ0v) is 21.2. The molecule has 0 heterocycles. The Bertz CT molecular complexity index is 745. The number of ether oxygens (including phenoxy) is 1. The van der Waals surface area contributed by atoms with Crippen LogP contribution in [0.25, 0.3) is 0 Å². The first-order valence-electron chi connectivity index (χ1n) is 10.7. The van der Waals surface area contributed by atoms with Gasteiger partial charge in [0.2, 0.25) is 5.91 Å². The first-order chi connectivity index (χ1) is 14.3. The van der Waals surface area contributed by atoms with E-state index in [1.165, 1.54) is 0 Å². The van der Waals surface area contributed by atoms with E-state index < -0.39 is 11.7 Å². The van der Waals surface area contributed by atoms with Gasteiger partial charge in [-0.3, -0.25) is 4.79 Å². The molecular formula is C22H36IN5O3. The Labute approximate surface area is 202 Å². The highest BCUT2D eigenvalue weighted by atomic mass is 127. The maximum atomic E-state index is 12.1. The quantitative estimate of drug-likeness (QED) is 0.173. The third-order valence-corrected chi connectivity index (χ3v) is 4.52. The van der Waals surface area contributed by atoms with E-state index in [0.29, 0.717) is 25.6 Å². The van der Waals surface area contributed by atoms with E-state index in [0.717, 1.165) is 37.1 Å². The molecule has 2 rings (SSSR count). The second-order valence-electron chi connectivity index (χ2n) is 8.37. The van der Waals surface area contributed by atoms with Gasteiger partial charge in [-0.05, 0) is 58.2 Å². The van der Waals surface area contributed by atoms with Gasteiger partial charge in [-0.1, -0.05) is 18.6 Å². The van der Waals surface area contributed by atoms with Gasteiger partial charge >= 0.3 is 6.09 Å². The van der Waals surface area contributed by atoms with Crippen LogP contribution in [0.1, 0.15) is 52.5 Å². The van der Waals surface area contributed by atoms with Crippen molar-refractivity contribution in [3.05, 3.63) is 29.8 Å². The molecule has 0 spiro atoms. The van der Waals surface area contributed by atoms with Crippen LogP contribution in [0.4, 0.5) is 10.5 Å². The first kappa shape index (κ1) is 27.0. The number of nitrogens with zero attached hydrogens (tertiary/aromatic N) is 1. The Hall–Kier alpha value is -2.04. The minimum atomic E-state index is -0.514. The van der Waals surface area contributed by atoms with Gasteiger partial charge in [-0.2, -0.15) is 0 Å². The van der Waals surface area contributed by atoms with E-state index in [1.807, 2.05) is 52.0 Å². The number of carbonyl (C=O) groups excluding carboxylic acids is 2. The number of carbonyl (C=O) groups is 2. The van der Waals surface area contributed by atoms with Crippen LogP contribution in [0.2, 0.25) is 0 Å². The Balaban J connectivity index is 0.00000480. The van der Waals surface area contributed by atoms with Crippen LogP contribution in [0.5, 0.6) is 0 Å². The van der Waals surface area contributed by atoms with Gasteiger partial charge < -0.3 is 26.0 Å². The molecule has 1 saturated carbocycles. The highest BCUT2D eigenvalue weighted by Crippen LogP contribution is 2.27. The molecule has 0 aromatic heterocycles. The summed E-state index contributed by atoms with van der Waals surface area (Å²) in [5.74, 6) is 0.923. The summed E-state index contributed by atoms with van der Waals surface area (Å²) < 4.78 is 5.21. The Kier molecular flexibility index (Phi) is 11.7. The minimum Gasteiger partial charge on any atom is -0.444 e. The second-order valence-corrected chi connectivity index (χ2v) is 8.37. The number of hydrogen-bond acceptors (Lipinski definition) is 4. The van der Waals surface area contributed by atoms with Crippen molar-refractivity contribution in [1.82, 2.24) is 16.0 Å². The number of nitrogens with one attached hydrogen (secondary N) is 4. The van der Waals surface area contributed by atoms with Crippen molar-refractivity contribution in [2.24, 2.45) is 10.9 Å². The summed E-state index contributed by atoms with van der Waals surface area (Å²) in [4.78, 5) is 28.4. The van der Waals surface area contributed by atoms with E-state index in [1.54, 1.807) is 0 Å². The lowest BCUT2D eigenvalue weighted by Gasteiger charge is -2.24. The van der Waals surface area contributed by atoms with E-state index in [2.05, 4.69) is 26.3 Å². The number of amides is 2. The molecule has 8 nitrogen and oxygen atoms in total. The molecule has 2 amide bonds. The Morgan fingerprint density at radius 3 is 2.45 bits per heavy atom. The molecule has 0 unspecified atom stereocenters. The van der Waals surface area contributed by atoms with Gasteiger partial charge in [0.25, 0.3) is 0 Å². The summed E-state index contributed by atoms with van der Waals surface area (Å²) >= 11 is 0. The molecule has 0 aliphatic heterocycles. The molecule has 174 valence electrons. The van der Waals surface area contributed by atoms with Crippen molar-refractivity contribution in [3.63, 3.8) is 0 Å². The number of aliphatic imine (C=N–C) groups is 1. The standard InChI is InChI=1S/C22H35N5O3.HI/c1-5-23-20(24-12-13-25-21(29)30-22(2,3)4)26-15-16-8-6-11-18(14-16)27-19(28)17-9-7-10-17;/h6,8,11,14,17H,5,7,9-10,12-13,15H2,1-4H3,(H,25,29)(H,27,28)(H2,23,24,26);1H. The van der Waals surface area contributed by atoms with Gasteiger partial charge in [-0.15, -0.1) is 24.0 Å². The number of hydrogen-bond donors (Lipinski definition) is 4. The summed E-state index contributed by atoms with van der Waals surface area (Å²) in [6.45, 7) is 9.61. The monoisotopic (exact) mass is 545 g/mol. The van der Waals surface area contributed by atoms with Gasteiger partial charge in [-0.25, -0.2) is 9.79 Å². The smallest absolute Gasteiger partial charge is 0.407 e. The maximum Gasteiger partial charge on any atom is 0.407 e. The van der Waals surface area contributed by atoms with Crippen LogP contribution < -0.4 is 21.3 Å². The van der Waals surface area contributed by atoms with Crippen molar-refractivity contribution in [1.29, 1.82) is 0 Å². The van der Waals surface area contributed by atoms with E-state index >= 15 is 0 Å². The third-order valence-electron chi connectivity index (χ3n) is 4.52. The fourth-order valence-corrected chi connectivity index (χ4v) is 2.83. The Morgan fingerprint density at radius 1 is 1.13 bits per heavy atom. The van der Waals surface area contributed by atoms with Crippen LogP contribution in [-0.2, 0) is 16.1 Å². The number of anilines is 1. The minimum absolute atomic E-state index is 0. The van der Waals surface area contributed by atoms with E-state index in [-0.39, 0.29) is 35.8 Å². The van der Waals surface area contributed by atoms with Crippen molar-refractivity contribution < 1.29 is 14.3 Å². The van der Waals surface area contributed by atoms with Crippen LogP contribution in [0.15, 0.2) is 29.3 Å². The van der Waals surface area contributed by atoms with Gasteiger partial charge in [0, 0.05) is 31.2 Å². The van der Waals surface area contributed by atoms with Gasteiger partial charge in [0.15, 0.2) is 5.96 Å². The highest BCUT2D eigenvalue weighted by Gasteiger charge is 2.25. The molecule has 0 atom stereocenters. The fraction of sp³-hybridized carbons (Fsp3) is 0.591. The fourth-order valence-electron chi connectivity index (χ4n) is 2.83. The third kappa shape index (κ3) is 10.7. The molecular weight excluding hydrogens is 509 g/mol. The van der Waals surface area contributed by atoms with Crippen LogP contribution in [0.3, 0.4) is 0 Å². The molecule has 31 heavy (non-hydrogen) atoms. The zero-order valence-electron chi connectivity index (χ0n) is 18.9. The normalized spacial score (nSPS) is 14.0. The molecule has 4 N–H and O–H groups in total. The van der Waals surface area contributed by atoms with E-state index in [9.17, 15) is 9.59 Å². The predicted octanol–water partition coefficient (Wildman–Crippen LogP) is 3.62. The van der Waals surface area contributed by atoms with Gasteiger partial charge in [0.1, 0.15) is 5.60 Å². The molecule has 1 aromatic carbocycles. The molecule has 1 aliphatic carbocycles. The molecule has 0 radical (unpaired) electrons. The second kappa shape index (κ2) is 13.4. The number of guanidine groups is 1. The molecule has 1 fully saturated rings. The largest absolute Gasteiger partial charge is 0.444 e. The van der Waals surface area contributed by atoms with Crippen molar-refractivity contribution in [3.8, 4) is 0 Å². The van der Waals surface area contributed by atoms with Gasteiger partial charge in [0.05, 0.1) is 6.54 Å². The molecule has 0 saturated heterocycles. The van der Waals surface area contributed by atoms with Crippen LogP contribution in [0, 0.1) is 5.92 Å². The SMILES string of the molecule is CCNC(=NCc1cccc(NC(=O)C2CCC2)c1)NCCNC(=O)OC(C)(C)C.I. The van der Waals surface area contributed by atoms with Crippen molar-refractivity contribution in [2.45, 2.75) is 59.1 Å². The molecule has 9 heteroatoms. The Morgan fingerprint density at radius 2 is 1.84 bits per heavy atom. The molecule has 0 bridgehead atoms. The zero-order chi connectivity index (χ0) is 22.0. The summed E-state index contributed by atoms with van der Waals surface area (Å²) in [7, 11) is 0. The predicted molar refractivity (Wildman–Crippen MR) is 135 cm³/mol. The summed E-state index contributed by atoms with van der Waals surface area (Å²) in [6, 6.07) is 7.76. The lowest BCUT2D eigenvalue weighted by atomic mass is 9.85. The molecule has 1 aliphatic rings. The van der Waals surface area contributed by atoms with Crippen LogP contribution >= 0.6 is 24.0 Å². The molecule has 1 aromatic rings. The average Bonchev–Trinajstić information content (AvgIpc) is 2.60. The summed E-state index contributed by atoms with van der Waals surface area (Å²) in [5.41, 5.74) is 1.30. The number of benzene rings is 1. The summed E-state index contributed by atoms with van der Waals surface area (Å²) in [6.07, 6.45) is 2.67. The van der Waals surface area contributed by atoms with Crippen LogP contribution in [-0.4, -0.2) is 43.2 Å². The maximum absolute atomic E-state index is 12.1.